The Morgan fingerprint density at radius 2 is 2.00 bits per heavy atom. The zero-order valence-electron chi connectivity index (χ0n) is 11.6. The van der Waals surface area contributed by atoms with Gasteiger partial charge in [0.25, 0.3) is 0 Å². The highest BCUT2D eigenvalue weighted by Crippen LogP contribution is 2.27. The molecule has 0 radical (unpaired) electrons. The lowest BCUT2D eigenvalue weighted by atomic mass is 9.94. The highest BCUT2D eigenvalue weighted by atomic mass is 35.5. The number of rotatable bonds is 4. The molecule has 0 heterocycles. The molecule has 2 rings (SSSR count). The molecule has 0 spiro atoms. The van der Waals surface area contributed by atoms with E-state index in [0.29, 0.717) is 17.0 Å². The van der Waals surface area contributed by atoms with Crippen molar-refractivity contribution >= 4 is 11.6 Å². The predicted octanol–water partition coefficient (Wildman–Crippen LogP) is 3.84. The van der Waals surface area contributed by atoms with Crippen molar-refractivity contribution in [1.82, 2.24) is 5.43 Å². The van der Waals surface area contributed by atoms with E-state index in [-0.39, 0.29) is 11.9 Å². The Morgan fingerprint density at radius 3 is 2.60 bits per heavy atom. The van der Waals surface area contributed by atoms with Crippen LogP contribution in [0.1, 0.15) is 28.3 Å². The molecule has 1 atom stereocenters. The summed E-state index contributed by atoms with van der Waals surface area (Å²) in [5.74, 6) is 5.34. The molecule has 106 valence electrons. The van der Waals surface area contributed by atoms with Crippen molar-refractivity contribution in [3.8, 4) is 0 Å². The molecule has 20 heavy (non-hydrogen) atoms. The molecule has 2 nitrogen and oxygen atoms in total. The maximum absolute atomic E-state index is 13.9. The Balaban J connectivity index is 2.34. The molecule has 0 fully saturated rings. The Kier molecular flexibility index (Phi) is 4.76. The molecule has 2 aromatic rings. The highest BCUT2D eigenvalue weighted by molar-refractivity contribution is 6.31. The Labute approximate surface area is 123 Å². The van der Waals surface area contributed by atoms with Crippen molar-refractivity contribution < 1.29 is 4.39 Å². The van der Waals surface area contributed by atoms with Crippen LogP contribution in [0.5, 0.6) is 0 Å². The van der Waals surface area contributed by atoms with Gasteiger partial charge in [-0.3, -0.25) is 11.3 Å². The van der Waals surface area contributed by atoms with Gasteiger partial charge in [0.05, 0.1) is 6.04 Å². The van der Waals surface area contributed by atoms with Gasteiger partial charge in [-0.05, 0) is 43.5 Å². The smallest absolute Gasteiger partial charge is 0.127 e. The van der Waals surface area contributed by atoms with Gasteiger partial charge in [-0.15, -0.1) is 0 Å². The number of nitrogens with two attached hydrogens (primary N) is 1. The molecule has 0 aliphatic heterocycles. The van der Waals surface area contributed by atoms with Crippen LogP contribution in [0.15, 0.2) is 36.4 Å². The minimum atomic E-state index is -0.303. The summed E-state index contributed by atoms with van der Waals surface area (Å²) < 4.78 is 13.9. The summed E-state index contributed by atoms with van der Waals surface area (Å²) in [5, 5.41) is 0.426. The largest absolute Gasteiger partial charge is 0.271 e. The Hall–Kier alpha value is -1.42. The van der Waals surface area contributed by atoms with E-state index in [9.17, 15) is 4.39 Å². The number of hydrazine groups is 1. The van der Waals surface area contributed by atoms with Crippen LogP contribution >= 0.6 is 11.6 Å². The zero-order valence-corrected chi connectivity index (χ0v) is 12.3. The van der Waals surface area contributed by atoms with Crippen molar-refractivity contribution in [2.45, 2.75) is 26.3 Å². The first-order chi connectivity index (χ1) is 9.52. The molecule has 0 saturated heterocycles. The van der Waals surface area contributed by atoms with Crippen molar-refractivity contribution in [3.63, 3.8) is 0 Å². The van der Waals surface area contributed by atoms with Crippen LogP contribution in [-0.4, -0.2) is 0 Å². The summed E-state index contributed by atoms with van der Waals surface area (Å²) in [6.45, 7) is 4.06. The van der Waals surface area contributed by atoms with Gasteiger partial charge in [0, 0.05) is 10.6 Å². The van der Waals surface area contributed by atoms with Crippen LogP contribution in [0, 0.1) is 19.7 Å². The van der Waals surface area contributed by atoms with Gasteiger partial charge in [-0.1, -0.05) is 41.4 Å². The predicted molar refractivity (Wildman–Crippen MR) is 81.1 cm³/mol. The fourth-order valence-corrected chi connectivity index (χ4v) is 2.65. The van der Waals surface area contributed by atoms with E-state index in [4.69, 9.17) is 17.4 Å². The third-order valence-corrected chi connectivity index (χ3v) is 3.83. The number of nitrogens with one attached hydrogen (secondary N) is 1. The average molecular weight is 293 g/mol. The summed E-state index contributed by atoms with van der Waals surface area (Å²) in [6, 6.07) is 10.7. The topological polar surface area (TPSA) is 38.0 Å². The van der Waals surface area contributed by atoms with Crippen LogP contribution in [0.2, 0.25) is 5.02 Å². The van der Waals surface area contributed by atoms with Crippen molar-refractivity contribution in [2.24, 2.45) is 5.84 Å². The molecule has 0 aromatic heterocycles. The van der Waals surface area contributed by atoms with Gasteiger partial charge in [-0.25, -0.2) is 4.39 Å². The van der Waals surface area contributed by atoms with Gasteiger partial charge in [0.1, 0.15) is 5.82 Å². The first kappa shape index (κ1) is 15.0. The second-order valence-electron chi connectivity index (χ2n) is 4.98. The normalized spacial score (nSPS) is 12.4. The molecule has 0 bridgehead atoms. The molecule has 0 aliphatic rings. The monoisotopic (exact) mass is 292 g/mol. The van der Waals surface area contributed by atoms with Crippen LogP contribution < -0.4 is 11.3 Å². The van der Waals surface area contributed by atoms with Gasteiger partial charge in [-0.2, -0.15) is 0 Å². The van der Waals surface area contributed by atoms with Crippen LogP contribution in [0.25, 0.3) is 0 Å². The van der Waals surface area contributed by atoms with E-state index in [1.807, 2.05) is 26.0 Å². The number of hydrogen-bond acceptors (Lipinski definition) is 2. The molecule has 1 unspecified atom stereocenters. The molecular weight excluding hydrogens is 275 g/mol. The fourth-order valence-electron chi connectivity index (χ4n) is 2.41. The van der Waals surface area contributed by atoms with E-state index in [2.05, 4.69) is 11.5 Å². The summed E-state index contributed by atoms with van der Waals surface area (Å²) in [7, 11) is 0. The van der Waals surface area contributed by atoms with Crippen LogP contribution in [0.4, 0.5) is 4.39 Å². The van der Waals surface area contributed by atoms with E-state index < -0.39 is 0 Å². The lowest BCUT2D eigenvalue weighted by Crippen LogP contribution is -2.30. The minimum Gasteiger partial charge on any atom is -0.271 e. The molecule has 2 aromatic carbocycles. The maximum atomic E-state index is 13.9. The van der Waals surface area contributed by atoms with E-state index in [1.165, 1.54) is 11.6 Å². The van der Waals surface area contributed by atoms with Crippen LogP contribution in [0.3, 0.4) is 0 Å². The minimum absolute atomic E-state index is 0.176. The number of hydrogen-bond donors (Lipinski definition) is 2. The Morgan fingerprint density at radius 1 is 1.25 bits per heavy atom. The first-order valence-electron chi connectivity index (χ1n) is 6.49. The van der Waals surface area contributed by atoms with Gasteiger partial charge < -0.3 is 0 Å². The third kappa shape index (κ3) is 3.18. The van der Waals surface area contributed by atoms with Gasteiger partial charge in [0.2, 0.25) is 0 Å². The zero-order chi connectivity index (χ0) is 14.7. The highest BCUT2D eigenvalue weighted by Gasteiger charge is 2.17. The lowest BCUT2D eigenvalue weighted by Gasteiger charge is -2.20. The first-order valence-corrected chi connectivity index (χ1v) is 6.87. The molecule has 0 saturated carbocycles. The molecule has 0 amide bonds. The second-order valence-corrected chi connectivity index (χ2v) is 5.39. The number of halogens is 2. The summed E-state index contributed by atoms with van der Waals surface area (Å²) >= 11 is 6.07. The van der Waals surface area contributed by atoms with Crippen LogP contribution in [-0.2, 0) is 6.42 Å². The number of benzene rings is 2. The lowest BCUT2D eigenvalue weighted by molar-refractivity contribution is 0.527. The molecular formula is C16H18ClFN2. The summed E-state index contributed by atoms with van der Waals surface area (Å²) in [5.41, 5.74) is 6.60. The molecule has 4 heteroatoms. The summed E-state index contributed by atoms with van der Waals surface area (Å²) in [6.07, 6.45) is 0.409. The average Bonchev–Trinajstić information content (AvgIpc) is 2.40. The van der Waals surface area contributed by atoms with E-state index in [1.54, 1.807) is 12.1 Å². The SMILES string of the molecule is Cc1ccc(C(Cc2c(F)cccc2Cl)NN)c(C)c1. The van der Waals surface area contributed by atoms with Crippen molar-refractivity contribution in [2.75, 3.05) is 0 Å². The van der Waals surface area contributed by atoms with Crippen molar-refractivity contribution in [3.05, 3.63) is 69.5 Å². The molecule has 3 N–H and O–H groups in total. The quantitative estimate of drug-likeness (QED) is 0.664. The number of aryl methyl sites for hydroxylation is 2. The second kappa shape index (κ2) is 6.35. The van der Waals surface area contributed by atoms with E-state index >= 15 is 0 Å². The standard InChI is InChI=1S/C16H18ClFN2/c1-10-6-7-12(11(2)8-10)16(20-19)9-13-14(17)4-3-5-15(13)18/h3-8,16,20H,9,19H2,1-2H3. The van der Waals surface area contributed by atoms with Gasteiger partial charge in [0.15, 0.2) is 0 Å². The summed E-state index contributed by atoms with van der Waals surface area (Å²) in [4.78, 5) is 0. The molecule has 0 aliphatic carbocycles. The fraction of sp³-hybridized carbons (Fsp3) is 0.250. The third-order valence-electron chi connectivity index (χ3n) is 3.47. The van der Waals surface area contributed by atoms with E-state index in [0.717, 1.165) is 11.1 Å². The Bertz CT molecular complexity index is 593. The van der Waals surface area contributed by atoms with Crippen molar-refractivity contribution in [1.29, 1.82) is 0 Å². The van der Waals surface area contributed by atoms with Gasteiger partial charge >= 0.3 is 0 Å². The maximum Gasteiger partial charge on any atom is 0.127 e.